The van der Waals surface area contributed by atoms with E-state index in [0.717, 1.165) is 43.7 Å². The molecule has 1 saturated heterocycles. The topological polar surface area (TPSA) is 42.4 Å². The van der Waals surface area contributed by atoms with Gasteiger partial charge in [0.15, 0.2) is 0 Å². The van der Waals surface area contributed by atoms with E-state index in [2.05, 4.69) is 4.98 Å². The molecule has 0 saturated carbocycles. The Labute approximate surface area is 147 Å². The van der Waals surface area contributed by atoms with Gasteiger partial charge >= 0.3 is 0 Å². The number of amides is 1. The van der Waals surface area contributed by atoms with Crippen LogP contribution in [0.2, 0.25) is 5.02 Å². The molecule has 3 rings (SSSR count). The van der Waals surface area contributed by atoms with E-state index in [0.29, 0.717) is 11.4 Å². The molecule has 0 unspecified atom stereocenters. The molecule has 0 spiro atoms. The first-order valence-corrected chi connectivity index (χ1v) is 8.67. The van der Waals surface area contributed by atoms with Gasteiger partial charge in [0, 0.05) is 49.8 Å². The third-order valence-corrected chi connectivity index (χ3v) is 4.54. The number of piperidine rings is 1. The Morgan fingerprint density at radius 1 is 1.12 bits per heavy atom. The molecular formula is C19H21ClN2O2. The van der Waals surface area contributed by atoms with Gasteiger partial charge in [-0.1, -0.05) is 11.6 Å². The van der Waals surface area contributed by atoms with Gasteiger partial charge in [0.05, 0.1) is 0 Å². The standard InChI is InChI=1S/C19H21ClN2O2/c20-16-2-4-17(5-3-16)24-18-9-13-22(14-10-18)19(23)6-1-15-7-11-21-12-8-15/h2-5,7-8,11-12,18H,1,6,9-10,13-14H2. The average molecular weight is 345 g/mol. The molecule has 0 N–H and O–H groups in total. The Hall–Kier alpha value is -2.07. The summed E-state index contributed by atoms with van der Waals surface area (Å²) in [6, 6.07) is 11.3. The fraction of sp³-hybridized carbons (Fsp3) is 0.368. The third-order valence-electron chi connectivity index (χ3n) is 4.29. The molecule has 1 aliphatic rings. The van der Waals surface area contributed by atoms with Crippen molar-refractivity contribution >= 4 is 17.5 Å². The van der Waals surface area contributed by atoms with E-state index in [-0.39, 0.29) is 12.0 Å². The number of hydrogen-bond donors (Lipinski definition) is 0. The number of carbonyl (C=O) groups is 1. The van der Waals surface area contributed by atoms with Gasteiger partial charge in [-0.3, -0.25) is 9.78 Å². The fourth-order valence-corrected chi connectivity index (χ4v) is 3.01. The number of halogens is 1. The van der Waals surface area contributed by atoms with Crippen LogP contribution in [0.4, 0.5) is 0 Å². The number of pyridine rings is 1. The zero-order valence-corrected chi connectivity index (χ0v) is 14.3. The molecule has 1 aromatic heterocycles. The molecule has 1 amide bonds. The quantitative estimate of drug-likeness (QED) is 0.829. The maximum Gasteiger partial charge on any atom is 0.222 e. The Kier molecular flexibility index (Phi) is 5.70. The molecule has 2 heterocycles. The molecule has 0 radical (unpaired) electrons. The Balaban J connectivity index is 1.42. The van der Waals surface area contributed by atoms with Crippen LogP contribution in [-0.4, -0.2) is 35.0 Å². The molecule has 0 atom stereocenters. The normalized spacial score (nSPS) is 15.3. The first-order valence-electron chi connectivity index (χ1n) is 8.29. The van der Waals surface area contributed by atoms with Gasteiger partial charge < -0.3 is 9.64 Å². The summed E-state index contributed by atoms with van der Waals surface area (Å²) in [5, 5.41) is 0.706. The van der Waals surface area contributed by atoms with Gasteiger partial charge in [0.25, 0.3) is 0 Å². The third kappa shape index (κ3) is 4.71. The van der Waals surface area contributed by atoms with Crippen LogP contribution in [0.5, 0.6) is 5.75 Å². The van der Waals surface area contributed by atoms with Crippen molar-refractivity contribution in [2.45, 2.75) is 31.8 Å². The lowest BCUT2D eigenvalue weighted by Crippen LogP contribution is -2.41. The summed E-state index contributed by atoms with van der Waals surface area (Å²) in [4.78, 5) is 18.3. The molecule has 1 fully saturated rings. The number of aryl methyl sites for hydroxylation is 1. The summed E-state index contributed by atoms with van der Waals surface area (Å²) in [7, 11) is 0. The molecule has 4 nitrogen and oxygen atoms in total. The maximum absolute atomic E-state index is 12.3. The molecule has 0 bridgehead atoms. The molecule has 2 aromatic rings. The lowest BCUT2D eigenvalue weighted by molar-refractivity contribution is -0.132. The van der Waals surface area contributed by atoms with Crippen molar-refractivity contribution in [3.8, 4) is 5.75 Å². The predicted octanol–water partition coefficient (Wildman–Crippen LogP) is 3.74. The monoisotopic (exact) mass is 344 g/mol. The summed E-state index contributed by atoms with van der Waals surface area (Å²) in [6.45, 7) is 1.51. The van der Waals surface area contributed by atoms with Crippen LogP contribution in [0.25, 0.3) is 0 Å². The number of nitrogens with zero attached hydrogens (tertiary/aromatic N) is 2. The van der Waals surface area contributed by atoms with Crippen LogP contribution >= 0.6 is 11.6 Å². The first-order chi connectivity index (χ1) is 11.7. The number of carbonyl (C=O) groups excluding carboxylic acids is 1. The zero-order chi connectivity index (χ0) is 16.8. The number of ether oxygens (including phenoxy) is 1. The molecule has 0 aliphatic carbocycles. The largest absolute Gasteiger partial charge is 0.490 e. The van der Waals surface area contributed by atoms with E-state index in [1.807, 2.05) is 41.3 Å². The second-order valence-corrected chi connectivity index (χ2v) is 6.44. The van der Waals surface area contributed by atoms with E-state index >= 15 is 0 Å². The summed E-state index contributed by atoms with van der Waals surface area (Å²) < 4.78 is 5.96. The highest BCUT2D eigenvalue weighted by atomic mass is 35.5. The van der Waals surface area contributed by atoms with Gasteiger partial charge in [-0.25, -0.2) is 0 Å². The number of likely N-dealkylation sites (tertiary alicyclic amines) is 1. The average Bonchev–Trinajstić information content (AvgIpc) is 2.63. The number of benzene rings is 1. The minimum Gasteiger partial charge on any atom is -0.490 e. The van der Waals surface area contributed by atoms with Crippen molar-refractivity contribution in [2.24, 2.45) is 0 Å². The zero-order valence-electron chi connectivity index (χ0n) is 13.5. The Morgan fingerprint density at radius 3 is 2.46 bits per heavy atom. The Morgan fingerprint density at radius 2 is 1.79 bits per heavy atom. The lowest BCUT2D eigenvalue weighted by Gasteiger charge is -2.32. The van der Waals surface area contributed by atoms with E-state index < -0.39 is 0 Å². The van der Waals surface area contributed by atoms with Crippen molar-refractivity contribution in [3.63, 3.8) is 0 Å². The second-order valence-electron chi connectivity index (χ2n) is 6.01. The smallest absolute Gasteiger partial charge is 0.222 e. The lowest BCUT2D eigenvalue weighted by atomic mass is 10.1. The first kappa shape index (κ1) is 16.8. The van der Waals surface area contributed by atoms with E-state index in [4.69, 9.17) is 16.3 Å². The fourth-order valence-electron chi connectivity index (χ4n) is 2.89. The van der Waals surface area contributed by atoms with Crippen LogP contribution in [0.1, 0.15) is 24.8 Å². The van der Waals surface area contributed by atoms with Gasteiger partial charge in [-0.2, -0.15) is 0 Å². The van der Waals surface area contributed by atoms with Crippen LogP contribution in [0.3, 0.4) is 0 Å². The highest BCUT2D eigenvalue weighted by Gasteiger charge is 2.23. The Bertz CT molecular complexity index is 653. The van der Waals surface area contributed by atoms with Crippen molar-refractivity contribution < 1.29 is 9.53 Å². The van der Waals surface area contributed by atoms with Crippen LogP contribution < -0.4 is 4.74 Å². The van der Waals surface area contributed by atoms with Crippen LogP contribution in [0.15, 0.2) is 48.8 Å². The van der Waals surface area contributed by atoms with E-state index in [1.54, 1.807) is 12.4 Å². The van der Waals surface area contributed by atoms with Crippen molar-refractivity contribution in [2.75, 3.05) is 13.1 Å². The summed E-state index contributed by atoms with van der Waals surface area (Å²) in [5.41, 5.74) is 1.15. The second kappa shape index (κ2) is 8.15. The molecular weight excluding hydrogens is 324 g/mol. The maximum atomic E-state index is 12.3. The molecule has 5 heteroatoms. The highest BCUT2D eigenvalue weighted by molar-refractivity contribution is 6.30. The number of aromatic nitrogens is 1. The summed E-state index contributed by atoms with van der Waals surface area (Å²) in [5.74, 6) is 1.05. The molecule has 1 aromatic carbocycles. The van der Waals surface area contributed by atoms with Gasteiger partial charge in [-0.15, -0.1) is 0 Å². The van der Waals surface area contributed by atoms with Gasteiger partial charge in [-0.05, 0) is 48.4 Å². The molecule has 126 valence electrons. The highest BCUT2D eigenvalue weighted by Crippen LogP contribution is 2.21. The van der Waals surface area contributed by atoms with Crippen molar-refractivity contribution in [1.82, 2.24) is 9.88 Å². The summed E-state index contributed by atoms with van der Waals surface area (Å²) in [6.07, 6.45) is 6.73. The van der Waals surface area contributed by atoms with E-state index in [9.17, 15) is 4.79 Å². The predicted molar refractivity (Wildman–Crippen MR) is 94.2 cm³/mol. The van der Waals surface area contributed by atoms with Crippen molar-refractivity contribution in [3.05, 3.63) is 59.4 Å². The number of rotatable bonds is 5. The molecule has 24 heavy (non-hydrogen) atoms. The minimum atomic E-state index is 0.162. The minimum absolute atomic E-state index is 0.162. The number of hydrogen-bond acceptors (Lipinski definition) is 3. The van der Waals surface area contributed by atoms with Gasteiger partial charge in [0.1, 0.15) is 11.9 Å². The molecule has 1 aliphatic heterocycles. The SMILES string of the molecule is O=C(CCc1ccncc1)N1CCC(Oc2ccc(Cl)cc2)CC1. The van der Waals surface area contributed by atoms with Gasteiger partial charge in [0.2, 0.25) is 5.91 Å². The van der Waals surface area contributed by atoms with Crippen LogP contribution in [0, 0.1) is 0 Å². The van der Waals surface area contributed by atoms with Crippen LogP contribution in [-0.2, 0) is 11.2 Å². The van der Waals surface area contributed by atoms with Crippen molar-refractivity contribution in [1.29, 1.82) is 0 Å². The van der Waals surface area contributed by atoms with E-state index in [1.165, 1.54) is 0 Å². The summed E-state index contributed by atoms with van der Waals surface area (Å²) >= 11 is 5.88.